The van der Waals surface area contributed by atoms with E-state index in [-0.39, 0.29) is 5.28 Å². The Balaban J connectivity index is 1.65. The fourth-order valence-corrected chi connectivity index (χ4v) is 2.56. The number of rotatable bonds is 10. The van der Waals surface area contributed by atoms with E-state index in [4.69, 9.17) is 11.6 Å². The number of fused-ring (bicyclic) bond motifs is 1. The summed E-state index contributed by atoms with van der Waals surface area (Å²) in [6, 6.07) is 0. The molecule has 2 N–H and O–H groups in total. The highest BCUT2D eigenvalue weighted by atomic mass is 35.5. The van der Waals surface area contributed by atoms with Crippen molar-refractivity contribution >= 4 is 28.6 Å². The van der Waals surface area contributed by atoms with Gasteiger partial charge in [0, 0.05) is 6.54 Å². The number of unbranched alkanes of at least 4 members (excludes halogenated alkanes) is 7. The first-order valence-corrected chi connectivity index (χ1v) is 8.29. The zero-order valence-electron chi connectivity index (χ0n) is 12.7. The molecule has 0 bridgehead atoms. The summed E-state index contributed by atoms with van der Waals surface area (Å²) in [5.74, 6) is 0.741. The lowest BCUT2D eigenvalue weighted by Gasteiger charge is -2.06. The van der Waals surface area contributed by atoms with Crippen molar-refractivity contribution in [2.45, 2.75) is 58.3 Å². The molecule has 0 aliphatic carbocycles. The van der Waals surface area contributed by atoms with Crippen LogP contribution in [0.15, 0.2) is 6.33 Å². The normalized spacial score (nSPS) is 11.1. The Bertz CT molecular complexity index is 540. The van der Waals surface area contributed by atoms with E-state index in [0.717, 1.165) is 24.3 Å². The molecule has 0 fully saturated rings. The highest BCUT2D eigenvalue weighted by molar-refractivity contribution is 6.28. The number of H-pyrrole nitrogens is 1. The number of halogens is 1. The van der Waals surface area contributed by atoms with Gasteiger partial charge in [-0.2, -0.15) is 9.97 Å². The molecule has 0 amide bonds. The zero-order chi connectivity index (χ0) is 14.9. The molecule has 2 heterocycles. The molecule has 0 aromatic carbocycles. The summed E-state index contributed by atoms with van der Waals surface area (Å²) in [6.07, 6.45) is 12.1. The summed E-state index contributed by atoms with van der Waals surface area (Å²) in [5, 5.41) is 3.55. The van der Waals surface area contributed by atoms with Gasteiger partial charge >= 0.3 is 0 Å². The van der Waals surface area contributed by atoms with Gasteiger partial charge in [0.2, 0.25) is 5.28 Å². The molecule has 6 heteroatoms. The number of hydrogen-bond acceptors (Lipinski definition) is 4. The van der Waals surface area contributed by atoms with Crippen LogP contribution in [0.4, 0.5) is 5.82 Å². The van der Waals surface area contributed by atoms with Crippen molar-refractivity contribution < 1.29 is 0 Å². The van der Waals surface area contributed by atoms with Gasteiger partial charge < -0.3 is 10.3 Å². The van der Waals surface area contributed by atoms with Crippen molar-refractivity contribution in [1.29, 1.82) is 0 Å². The fourth-order valence-electron chi connectivity index (χ4n) is 2.40. The van der Waals surface area contributed by atoms with E-state index < -0.39 is 0 Å². The van der Waals surface area contributed by atoms with Crippen LogP contribution in [0.3, 0.4) is 0 Å². The second-order valence-corrected chi connectivity index (χ2v) is 5.68. The third-order valence-electron chi connectivity index (χ3n) is 3.58. The molecule has 0 unspecified atom stereocenters. The molecule has 5 nitrogen and oxygen atoms in total. The maximum atomic E-state index is 5.89. The van der Waals surface area contributed by atoms with E-state index in [0.29, 0.717) is 5.65 Å². The Labute approximate surface area is 130 Å². The third kappa shape index (κ3) is 5.16. The van der Waals surface area contributed by atoms with Gasteiger partial charge in [-0.3, -0.25) is 0 Å². The highest BCUT2D eigenvalue weighted by Gasteiger charge is 2.07. The predicted molar refractivity (Wildman–Crippen MR) is 87.8 cm³/mol. The van der Waals surface area contributed by atoms with Crippen LogP contribution in [-0.2, 0) is 0 Å². The number of hydrogen-bond donors (Lipinski definition) is 2. The number of anilines is 1. The Morgan fingerprint density at radius 3 is 2.52 bits per heavy atom. The Morgan fingerprint density at radius 1 is 1.05 bits per heavy atom. The Hall–Kier alpha value is -1.36. The molecule has 2 aromatic rings. The highest BCUT2D eigenvalue weighted by Crippen LogP contribution is 2.18. The first-order chi connectivity index (χ1) is 10.3. The molecule has 0 aliphatic heterocycles. The molecule has 0 saturated carbocycles. The number of aromatic nitrogens is 4. The molecule has 0 spiro atoms. The van der Waals surface area contributed by atoms with Gasteiger partial charge in [-0.1, -0.05) is 51.9 Å². The van der Waals surface area contributed by atoms with Crippen LogP contribution in [0, 0.1) is 0 Å². The second kappa shape index (κ2) is 8.82. The van der Waals surface area contributed by atoms with Crippen molar-refractivity contribution in [3.05, 3.63) is 11.6 Å². The third-order valence-corrected chi connectivity index (χ3v) is 3.75. The van der Waals surface area contributed by atoms with Gasteiger partial charge in [-0.15, -0.1) is 0 Å². The molecule has 116 valence electrons. The standard InChI is InChI=1S/C15H24ClN5/c1-2-3-4-5-6-7-8-9-10-17-13-12-14(19-11-18-12)21-15(16)20-13/h11H,2-10H2,1H3,(H2,17,18,19,20,21). The van der Waals surface area contributed by atoms with E-state index in [2.05, 4.69) is 32.2 Å². The van der Waals surface area contributed by atoms with E-state index in [9.17, 15) is 0 Å². The largest absolute Gasteiger partial charge is 0.368 e. The van der Waals surface area contributed by atoms with Crippen molar-refractivity contribution in [1.82, 2.24) is 19.9 Å². The topological polar surface area (TPSA) is 66.5 Å². The molecule has 21 heavy (non-hydrogen) atoms. The molecule has 2 rings (SSSR count). The molecule has 0 radical (unpaired) electrons. The van der Waals surface area contributed by atoms with Crippen LogP contribution in [0.2, 0.25) is 5.28 Å². The maximum Gasteiger partial charge on any atom is 0.226 e. The summed E-state index contributed by atoms with van der Waals surface area (Å²) >= 11 is 5.89. The summed E-state index contributed by atoms with van der Waals surface area (Å²) in [4.78, 5) is 15.4. The van der Waals surface area contributed by atoms with Gasteiger partial charge in [-0.25, -0.2) is 4.98 Å². The van der Waals surface area contributed by atoms with E-state index >= 15 is 0 Å². The van der Waals surface area contributed by atoms with Crippen LogP contribution in [0.5, 0.6) is 0 Å². The van der Waals surface area contributed by atoms with Crippen molar-refractivity contribution in [3.8, 4) is 0 Å². The average molecular weight is 310 g/mol. The van der Waals surface area contributed by atoms with Crippen LogP contribution in [0.25, 0.3) is 11.2 Å². The molecule has 0 saturated heterocycles. The average Bonchev–Trinajstić information content (AvgIpc) is 2.93. The van der Waals surface area contributed by atoms with Crippen molar-refractivity contribution in [2.75, 3.05) is 11.9 Å². The monoisotopic (exact) mass is 309 g/mol. The predicted octanol–water partition coefficient (Wildman–Crippen LogP) is 4.56. The molecule has 2 aromatic heterocycles. The summed E-state index contributed by atoms with van der Waals surface area (Å²) < 4.78 is 0. The summed E-state index contributed by atoms with van der Waals surface area (Å²) in [5.41, 5.74) is 1.42. The lowest BCUT2D eigenvalue weighted by atomic mass is 10.1. The smallest absolute Gasteiger partial charge is 0.226 e. The Kier molecular flexibility index (Phi) is 6.73. The first-order valence-electron chi connectivity index (χ1n) is 7.91. The number of imidazole rings is 1. The van der Waals surface area contributed by atoms with E-state index in [1.165, 1.54) is 44.9 Å². The van der Waals surface area contributed by atoms with E-state index in [1.807, 2.05) is 0 Å². The van der Waals surface area contributed by atoms with Gasteiger partial charge in [0.05, 0.1) is 6.33 Å². The fraction of sp³-hybridized carbons (Fsp3) is 0.667. The second-order valence-electron chi connectivity index (χ2n) is 5.34. The van der Waals surface area contributed by atoms with E-state index in [1.54, 1.807) is 6.33 Å². The minimum absolute atomic E-state index is 0.230. The number of nitrogens with one attached hydrogen (secondary N) is 2. The van der Waals surface area contributed by atoms with Crippen LogP contribution >= 0.6 is 11.6 Å². The van der Waals surface area contributed by atoms with Gasteiger partial charge in [0.1, 0.15) is 5.52 Å². The van der Waals surface area contributed by atoms with Gasteiger partial charge in [-0.05, 0) is 18.0 Å². The number of nitrogens with zero attached hydrogens (tertiary/aromatic N) is 3. The Morgan fingerprint density at radius 2 is 1.76 bits per heavy atom. The van der Waals surface area contributed by atoms with Gasteiger partial charge in [0.15, 0.2) is 11.5 Å². The zero-order valence-corrected chi connectivity index (χ0v) is 13.4. The maximum absolute atomic E-state index is 5.89. The quantitative estimate of drug-likeness (QED) is 0.499. The van der Waals surface area contributed by atoms with Crippen LogP contribution in [-0.4, -0.2) is 26.5 Å². The van der Waals surface area contributed by atoms with Crippen molar-refractivity contribution in [2.24, 2.45) is 0 Å². The number of aromatic amines is 1. The summed E-state index contributed by atoms with van der Waals surface area (Å²) in [6.45, 7) is 3.15. The van der Waals surface area contributed by atoms with Crippen LogP contribution < -0.4 is 5.32 Å². The lowest BCUT2D eigenvalue weighted by Crippen LogP contribution is -2.05. The first kappa shape index (κ1) is 16.0. The molecular weight excluding hydrogens is 286 g/mol. The minimum atomic E-state index is 0.230. The molecule has 0 aliphatic rings. The van der Waals surface area contributed by atoms with Crippen molar-refractivity contribution in [3.63, 3.8) is 0 Å². The van der Waals surface area contributed by atoms with Crippen LogP contribution in [0.1, 0.15) is 58.3 Å². The molecular formula is C15H24ClN5. The lowest BCUT2D eigenvalue weighted by molar-refractivity contribution is 0.581. The SMILES string of the molecule is CCCCCCCCCCNc1nc(Cl)nc2nc[nH]c12. The molecule has 0 atom stereocenters. The minimum Gasteiger partial charge on any atom is -0.368 e. The van der Waals surface area contributed by atoms with Gasteiger partial charge in [0.25, 0.3) is 0 Å². The summed E-state index contributed by atoms with van der Waals surface area (Å²) in [7, 11) is 0.